The SMILES string of the molecule is CC(C)(C)C1CCC(Nc2c(Cl)ccc3nsnc23)CC1. The summed E-state index contributed by atoms with van der Waals surface area (Å²) in [4.78, 5) is 0. The Hall–Kier alpha value is -0.870. The molecule has 0 bridgehead atoms. The first-order valence-electron chi connectivity index (χ1n) is 7.62. The van der Waals surface area contributed by atoms with Gasteiger partial charge < -0.3 is 5.32 Å². The second-order valence-corrected chi connectivity index (χ2v) is 8.05. The van der Waals surface area contributed by atoms with Crippen LogP contribution in [0, 0.1) is 11.3 Å². The first-order chi connectivity index (χ1) is 9.95. The van der Waals surface area contributed by atoms with E-state index in [1.807, 2.05) is 12.1 Å². The molecule has 1 aliphatic rings. The number of hydrogen-bond donors (Lipinski definition) is 1. The number of aromatic nitrogens is 2. The summed E-state index contributed by atoms with van der Waals surface area (Å²) < 4.78 is 8.67. The summed E-state index contributed by atoms with van der Waals surface area (Å²) in [5, 5.41) is 4.37. The minimum atomic E-state index is 0.418. The van der Waals surface area contributed by atoms with Gasteiger partial charge in [0.15, 0.2) is 0 Å². The Morgan fingerprint density at radius 1 is 1.14 bits per heavy atom. The molecular formula is C16H22ClN3S. The van der Waals surface area contributed by atoms with Crippen LogP contribution in [-0.4, -0.2) is 14.8 Å². The number of benzene rings is 1. The van der Waals surface area contributed by atoms with E-state index in [0.29, 0.717) is 11.5 Å². The van der Waals surface area contributed by atoms with E-state index in [9.17, 15) is 0 Å². The Morgan fingerprint density at radius 2 is 1.86 bits per heavy atom. The summed E-state index contributed by atoms with van der Waals surface area (Å²) in [7, 11) is 0. The fourth-order valence-corrected chi connectivity index (χ4v) is 4.02. The van der Waals surface area contributed by atoms with E-state index in [0.717, 1.165) is 27.7 Å². The number of rotatable bonds is 2. The molecule has 1 aromatic heterocycles. The van der Waals surface area contributed by atoms with E-state index >= 15 is 0 Å². The van der Waals surface area contributed by atoms with Crippen molar-refractivity contribution in [3.8, 4) is 0 Å². The third kappa shape index (κ3) is 3.16. The number of hydrogen-bond acceptors (Lipinski definition) is 4. The van der Waals surface area contributed by atoms with Crippen LogP contribution in [0.3, 0.4) is 0 Å². The molecule has 0 saturated heterocycles. The van der Waals surface area contributed by atoms with E-state index in [-0.39, 0.29) is 0 Å². The Morgan fingerprint density at radius 3 is 2.52 bits per heavy atom. The van der Waals surface area contributed by atoms with Gasteiger partial charge in [-0.1, -0.05) is 32.4 Å². The maximum Gasteiger partial charge on any atom is 0.129 e. The molecule has 1 saturated carbocycles. The van der Waals surface area contributed by atoms with Gasteiger partial charge in [0.25, 0.3) is 0 Å². The fraction of sp³-hybridized carbons (Fsp3) is 0.625. The zero-order valence-corrected chi connectivity index (χ0v) is 14.4. The third-order valence-corrected chi connectivity index (χ3v) is 5.53. The molecule has 2 aromatic rings. The normalized spacial score (nSPS) is 23.4. The number of anilines is 1. The highest BCUT2D eigenvalue weighted by Gasteiger charge is 2.30. The van der Waals surface area contributed by atoms with Crippen molar-refractivity contribution >= 4 is 40.0 Å². The van der Waals surface area contributed by atoms with Gasteiger partial charge in [-0.15, -0.1) is 0 Å². The zero-order chi connectivity index (χ0) is 15.0. The molecule has 1 N–H and O–H groups in total. The molecule has 1 aromatic carbocycles. The maximum absolute atomic E-state index is 6.35. The van der Waals surface area contributed by atoms with Crippen molar-refractivity contribution < 1.29 is 0 Å². The monoisotopic (exact) mass is 323 g/mol. The Kier molecular flexibility index (Phi) is 4.10. The van der Waals surface area contributed by atoms with E-state index < -0.39 is 0 Å². The lowest BCUT2D eigenvalue weighted by atomic mass is 9.71. The van der Waals surface area contributed by atoms with Crippen LogP contribution in [0.1, 0.15) is 46.5 Å². The van der Waals surface area contributed by atoms with Crippen molar-refractivity contribution in [2.45, 2.75) is 52.5 Å². The molecule has 3 rings (SSSR count). The highest BCUT2D eigenvalue weighted by Crippen LogP contribution is 2.39. The second kappa shape index (κ2) is 5.73. The van der Waals surface area contributed by atoms with Crippen LogP contribution in [0.4, 0.5) is 5.69 Å². The number of nitrogens with one attached hydrogen (secondary N) is 1. The molecular weight excluding hydrogens is 302 g/mol. The quantitative estimate of drug-likeness (QED) is 0.808. The smallest absolute Gasteiger partial charge is 0.129 e. The van der Waals surface area contributed by atoms with Crippen molar-refractivity contribution in [3.63, 3.8) is 0 Å². The second-order valence-electron chi connectivity index (χ2n) is 7.11. The van der Waals surface area contributed by atoms with Crippen LogP contribution < -0.4 is 5.32 Å². The molecule has 114 valence electrons. The molecule has 0 aliphatic heterocycles. The minimum Gasteiger partial charge on any atom is -0.379 e. The molecule has 3 nitrogen and oxygen atoms in total. The van der Waals surface area contributed by atoms with Crippen molar-refractivity contribution in [1.82, 2.24) is 8.75 Å². The molecule has 0 radical (unpaired) electrons. The van der Waals surface area contributed by atoms with Crippen LogP contribution in [0.5, 0.6) is 0 Å². The van der Waals surface area contributed by atoms with Gasteiger partial charge in [-0.3, -0.25) is 0 Å². The van der Waals surface area contributed by atoms with Crippen molar-refractivity contribution in [2.75, 3.05) is 5.32 Å². The first-order valence-corrected chi connectivity index (χ1v) is 8.73. The highest BCUT2D eigenvalue weighted by molar-refractivity contribution is 7.00. The summed E-state index contributed by atoms with van der Waals surface area (Å²) in [6, 6.07) is 4.34. The Labute approximate surface area is 135 Å². The molecule has 21 heavy (non-hydrogen) atoms. The topological polar surface area (TPSA) is 37.8 Å². The molecule has 0 amide bonds. The average molecular weight is 324 g/mol. The van der Waals surface area contributed by atoms with Gasteiger partial charge in [-0.25, -0.2) is 0 Å². The molecule has 5 heteroatoms. The summed E-state index contributed by atoms with van der Waals surface area (Å²) in [5.41, 5.74) is 3.21. The largest absolute Gasteiger partial charge is 0.379 e. The molecule has 0 unspecified atom stereocenters. The van der Waals surface area contributed by atoms with Crippen LogP contribution in [0.25, 0.3) is 11.0 Å². The van der Waals surface area contributed by atoms with Gasteiger partial charge >= 0.3 is 0 Å². The minimum absolute atomic E-state index is 0.418. The van der Waals surface area contributed by atoms with Crippen LogP contribution in [0.15, 0.2) is 12.1 Å². The predicted octanol–water partition coefficient (Wildman–Crippen LogP) is 5.36. The molecule has 0 spiro atoms. The van der Waals surface area contributed by atoms with Crippen LogP contribution >= 0.6 is 23.3 Å². The van der Waals surface area contributed by atoms with Gasteiger partial charge in [0.05, 0.1) is 22.4 Å². The van der Waals surface area contributed by atoms with Gasteiger partial charge in [0.1, 0.15) is 11.0 Å². The van der Waals surface area contributed by atoms with Gasteiger partial charge in [-0.2, -0.15) is 8.75 Å². The van der Waals surface area contributed by atoms with Crippen molar-refractivity contribution in [3.05, 3.63) is 17.2 Å². The standard InChI is InChI=1S/C16H22ClN3S/c1-16(2,3)10-4-6-11(7-5-10)18-14-12(17)8-9-13-15(14)20-21-19-13/h8-11,18H,4-7H2,1-3H3. The summed E-state index contributed by atoms with van der Waals surface area (Å²) >= 11 is 7.60. The van der Waals surface area contributed by atoms with Crippen LogP contribution in [0.2, 0.25) is 5.02 Å². The zero-order valence-electron chi connectivity index (χ0n) is 12.8. The van der Waals surface area contributed by atoms with Crippen LogP contribution in [-0.2, 0) is 0 Å². The molecule has 1 heterocycles. The van der Waals surface area contributed by atoms with E-state index in [1.54, 1.807) is 0 Å². The summed E-state index contributed by atoms with van der Waals surface area (Å²) in [5.74, 6) is 0.822. The Bertz CT molecular complexity index is 624. The van der Waals surface area contributed by atoms with E-state index in [4.69, 9.17) is 11.6 Å². The number of fused-ring (bicyclic) bond motifs is 1. The van der Waals surface area contributed by atoms with Crippen molar-refractivity contribution in [1.29, 1.82) is 0 Å². The first kappa shape index (κ1) is 15.0. The lowest BCUT2D eigenvalue weighted by molar-refractivity contribution is 0.173. The lowest BCUT2D eigenvalue weighted by Crippen LogP contribution is -2.31. The van der Waals surface area contributed by atoms with E-state index in [1.165, 1.54) is 37.4 Å². The highest BCUT2D eigenvalue weighted by atomic mass is 35.5. The van der Waals surface area contributed by atoms with E-state index in [2.05, 4.69) is 34.8 Å². The lowest BCUT2D eigenvalue weighted by Gasteiger charge is -2.37. The van der Waals surface area contributed by atoms with Gasteiger partial charge in [0.2, 0.25) is 0 Å². The average Bonchev–Trinajstić information content (AvgIpc) is 2.90. The van der Waals surface area contributed by atoms with Gasteiger partial charge in [-0.05, 0) is 49.1 Å². The fourth-order valence-electron chi connectivity index (χ4n) is 3.27. The number of halogens is 1. The van der Waals surface area contributed by atoms with Crippen molar-refractivity contribution in [2.24, 2.45) is 11.3 Å². The number of nitrogens with zero attached hydrogens (tertiary/aromatic N) is 2. The molecule has 1 aliphatic carbocycles. The summed E-state index contributed by atoms with van der Waals surface area (Å²) in [6.45, 7) is 7.05. The molecule has 1 fully saturated rings. The maximum atomic E-state index is 6.35. The van der Waals surface area contributed by atoms with Gasteiger partial charge in [0, 0.05) is 6.04 Å². The third-order valence-electron chi connectivity index (χ3n) is 4.68. The summed E-state index contributed by atoms with van der Waals surface area (Å²) in [6.07, 6.45) is 4.96. The Balaban J connectivity index is 1.73. The predicted molar refractivity (Wildman–Crippen MR) is 91.2 cm³/mol. The molecule has 0 atom stereocenters.